The maximum absolute atomic E-state index is 12.6. The molecule has 0 N–H and O–H groups in total. The number of carbonyl (C=O) groups is 1. The molecule has 0 saturated carbocycles. The molecule has 0 radical (unpaired) electrons. The molecule has 0 aliphatic carbocycles. The van der Waals surface area contributed by atoms with Crippen molar-refractivity contribution in [3.63, 3.8) is 0 Å². The summed E-state index contributed by atoms with van der Waals surface area (Å²) >= 11 is 1.63. The predicted molar refractivity (Wildman–Crippen MR) is 101 cm³/mol. The van der Waals surface area contributed by atoms with Gasteiger partial charge >= 0.3 is 0 Å². The fourth-order valence-corrected chi connectivity index (χ4v) is 4.00. The molecule has 1 fully saturated rings. The molecule has 6 heteroatoms. The number of hydrogen-bond acceptors (Lipinski definition) is 5. The summed E-state index contributed by atoms with van der Waals surface area (Å²) < 4.78 is 5.53. The minimum Gasteiger partial charge on any atom is -0.342 e. The van der Waals surface area contributed by atoms with Gasteiger partial charge in [0.25, 0.3) is 0 Å². The second-order valence-electron chi connectivity index (χ2n) is 6.76. The van der Waals surface area contributed by atoms with Gasteiger partial charge in [-0.1, -0.05) is 41.1 Å². The van der Waals surface area contributed by atoms with Gasteiger partial charge in [0.1, 0.15) is 0 Å². The van der Waals surface area contributed by atoms with Gasteiger partial charge in [0, 0.05) is 23.5 Å². The topological polar surface area (TPSA) is 59.2 Å². The Balaban J connectivity index is 1.44. The SMILES string of the molecule is Cc1ccc(-c2noc([C@@H]3CCCN(C(=O)Cc4cccs4)C3)n2)cc1. The number of hydrogen-bond donors (Lipinski definition) is 0. The Labute approximate surface area is 156 Å². The van der Waals surface area contributed by atoms with Gasteiger partial charge in [-0.3, -0.25) is 4.79 Å². The third-order valence-electron chi connectivity index (χ3n) is 4.78. The van der Waals surface area contributed by atoms with E-state index in [1.807, 2.05) is 46.7 Å². The van der Waals surface area contributed by atoms with E-state index in [1.54, 1.807) is 11.3 Å². The average Bonchev–Trinajstić information content (AvgIpc) is 3.34. The van der Waals surface area contributed by atoms with Crippen molar-refractivity contribution >= 4 is 17.2 Å². The van der Waals surface area contributed by atoms with Crippen molar-refractivity contribution in [3.8, 4) is 11.4 Å². The Morgan fingerprint density at radius 2 is 2.15 bits per heavy atom. The van der Waals surface area contributed by atoms with E-state index in [0.29, 0.717) is 24.7 Å². The molecule has 1 aromatic carbocycles. The molecule has 1 amide bonds. The molecule has 3 heterocycles. The van der Waals surface area contributed by atoms with E-state index in [2.05, 4.69) is 17.1 Å². The van der Waals surface area contributed by atoms with Gasteiger partial charge in [0.15, 0.2) is 0 Å². The molecule has 0 unspecified atom stereocenters. The number of amides is 1. The number of thiophene rings is 1. The highest BCUT2D eigenvalue weighted by molar-refractivity contribution is 7.10. The van der Waals surface area contributed by atoms with Gasteiger partial charge in [-0.2, -0.15) is 4.98 Å². The monoisotopic (exact) mass is 367 g/mol. The highest BCUT2D eigenvalue weighted by Gasteiger charge is 2.28. The largest absolute Gasteiger partial charge is 0.342 e. The van der Waals surface area contributed by atoms with Gasteiger partial charge in [0.2, 0.25) is 17.6 Å². The Hall–Kier alpha value is -2.47. The Morgan fingerprint density at radius 1 is 1.31 bits per heavy atom. The standard InChI is InChI=1S/C20H21N3O2S/c1-14-6-8-15(9-7-14)19-21-20(25-22-19)16-4-2-10-23(13-16)18(24)12-17-5-3-11-26-17/h3,5-9,11,16H,2,4,10,12-13H2,1H3/t16-/m1/s1. The van der Waals surface area contributed by atoms with Crippen LogP contribution in [0.4, 0.5) is 0 Å². The highest BCUT2D eigenvalue weighted by Crippen LogP contribution is 2.28. The first-order valence-electron chi connectivity index (χ1n) is 8.90. The molecule has 1 aliphatic rings. The van der Waals surface area contributed by atoms with Gasteiger partial charge in [0.05, 0.1) is 12.3 Å². The minimum atomic E-state index is 0.114. The number of aryl methyl sites for hydroxylation is 1. The van der Waals surface area contributed by atoms with Crippen LogP contribution in [0.5, 0.6) is 0 Å². The first-order chi connectivity index (χ1) is 12.7. The summed E-state index contributed by atoms with van der Waals surface area (Å²) in [5.74, 6) is 1.54. The molecule has 2 aromatic heterocycles. The number of carbonyl (C=O) groups excluding carboxylic acids is 1. The fraction of sp³-hybridized carbons (Fsp3) is 0.350. The molecule has 26 heavy (non-hydrogen) atoms. The van der Waals surface area contributed by atoms with Gasteiger partial charge < -0.3 is 9.42 Å². The molecular weight excluding hydrogens is 346 g/mol. The summed E-state index contributed by atoms with van der Waals surface area (Å²) in [7, 11) is 0. The van der Waals surface area contributed by atoms with Crippen LogP contribution in [0.3, 0.4) is 0 Å². The summed E-state index contributed by atoms with van der Waals surface area (Å²) in [5, 5.41) is 6.14. The van der Waals surface area contributed by atoms with Gasteiger partial charge in [-0.15, -0.1) is 11.3 Å². The summed E-state index contributed by atoms with van der Waals surface area (Å²) in [4.78, 5) is 20.2. The third kappa shape index (κ3) is 3.70. The van der Waals surface area contributed by atoms with Crippen LogP contribution in [-0.2, 0) is 11.2 Å². The lowest BCUT2D eigenvalue weighted by atomic mass is 9.97. The van der Waals surface area contributed by atoms with Crippen LogP contribution >= 0.6 is 11.3 Å². The van der Waals surface area contributed by atoms with Gasteiger partial charge in [-0.25, -0.2) is 0 Å². The third-order valence-corrected chi connectivity index (χ3v) is 5.66. The number of nitrogens with zero attached hydrogens (tertiary/aromatic N) is 3. The van der Waals surface area contributed by atoms with E-state index in [0.717, 1.165) is 29.8 Å². The average molecular weight is 367 g/mol. The van der Waals surface area contributed by atoms with Crippen molar-refractivity contribution in [1.29, 1.82) is 0 Å². The van der Waals surface area contributed by atoms with E-state index < -0.39 is 0 Å². The molecular formula is C20H21N3O2S. The summed E-state index contributed by atoms with van der Waals surface area (Å²) in [6, 6.07) is 12.1. The van der Waals surface area contributed by atoms with Crippen LogP contribution in [0.1, 0.15) is 35.1 Å². The summed E-state index contributed by atoms with van der Waals surface area (Å²) in [5.41, 5.74) is 2.15. The van der Waals surface area contributed by atoms with Crippen LogP contribution in [0.15, 0.2) is 46.3 Å². The Kier molecular flexibility index (Phi) is 4.84. The predicted octanol–water partition coefficient (Wildman–Crippen LogP) is 4.06. The second kappa shape index (κ2) is 7.41. The van der Waals surface area contributed by atoms with E-state index in [4.69, 9.17) is 4.52 Å². The summed E-state index contributed by atoms with van der Waals surface area (Å²) in [6.07, 6.45) is 2.41. The number of likely N-dealkylation sites (tertiary alicyclic amines) is 1. The van der Waals surface area contributed by atoms with Crippen molar-refractivity contribution in [1.82, 2.24) is 15.0 Å². The molecule has 5 nitrogen and oxygen atoms in total. The molecule has 4 rings (SSSR count). The smallest absolute Gasteiger partial charge is 0.231 e. The molecule has 1 aliphatic heterocycles. The van der Waals surface area contributed by atoms with Crippen molar-refractivity contribution in [3.05, 3.63) is 58.1 Å². The number of rotatable bonds is 4. The highest BCUT2D eigenvalue weighted by atomic mass is 32.1. The van der Waals surface area contributed by atoms with Crippen LogP contribution < -0.4 is 0 Å². The number of benzene rings is 1. The molecule has 3 aromatic rings. The Morgan fingerprint density at radius 3 is 2.92 bits per heavy atom. The number of piperidine rings is 1. The van der Waals surface area contributed by atoms with Crippen LogP contribution in [0, 0.1) is 6.92 Å². The van der Waals surface area contributed by atoms with E-state index in [1.165, 1.54) is 5.56 Å². The minimum absolute atomic E-state index is 0.114. The van der Waals surface area contributed by atoms with Gasteiger partial charge in [-0.05, 0) is 31.2 Å². The number of aromatic nitrogens is 2. The van der Waals surface area contributed by atoms with Crippen LogP contribution in [0.2, 0.25) is 0 Å². The first-order valence-corrected chi connectivity index (χ1v) is 9.78. The lowest BCUT2D eigenvalue weighted by Gasteiger charge is -2.31. The van der Waals surface area contributed by atoms with Crippen molar-refractivity contribution in [2.45, 2.75) is 32.1 Å². The second-order valence-corrected chi connectivity index (χ2v) is 7.79. The maximum Gasteiger partial charge on any atom is 0.231 e. The molecule has 1 atom stereocenters. The zero-order chi connectivity index (χ0) is 17.9. The lowest BCUT2D eigenvalue weighted by Crippen LogP contribution is -2.39. The quantitative estimate of drug-likeness (QED) is 0.698. The Bertz CT molecular complexity index is 871. The fourth-order valence-electron chi connectivity index (χ4n) is 3.30. The zero-order valence-corrected chi connectivity index (χ0v) is 15.5. The normalized spacial score (nSPS) is 17.4. The molecule has 1 saturated heterocycles. The van der Waals surface area contributed by atoms with Crippen molar-refractivity contribution in [2.24, 2.45) is 0 Å². The van der Waals surface area contributed by atoms with Crippen LogP contribution in [-0.4, -0.2) is 34.0 Å². The van der Waals surface area contributed by atoms with E-state index >= 15 is 0 Å². The van der Waals surface area contributed by atoms with Crippen molar-refractivity contribution < 1.29 is 9.32 Å². The van der Waals surface area contributed by atoms with E-state index in [-0.39, 0.29) is 11.8 Å². The first kappa shape index (κ1) is 17.0. The van der Waals surface area contributed by atoms with Crippen LogP contribution in [0.25, 0.3) is 11.4 Å². The van der Waals surface area contributed by atoms with E-state index in [9.17, 15) is 4.79 Å². The summed E-state index contributed by atoms with van der Waals surface area (Å²) in [6.45, 7) is 3.51. The van der Waals surface area contributed by atoms with Crippen molar-refractivity contribution in [2.75, 3.05) is 13.1 Å². The molecule has 134 valence electrons. The molecule has 0 spiro atoms. The lowest BCUT2D eigenvalue weighted by molar-refractivity contribution is -0.131. The molecule has 0 bridgehead atoms. The maximum atomic E-state index is 12.6. The zero-order valence-electron chi connectivity index (χ0n) is 14.7.